The number of methoxy groups -OCH3 is 1. The number of ether oxygens (including phenoxy) is 1. The number of piperazine rings is 1. The van der Waals surface area contributed by atoms with Gasteiger partial charge in [-0.15, -0.1) is 11.3 Å². The fourth-order valence-corrected chi connectivity index (χ4v) is 6.82. The van der Waals surface area contributed by atoms with Crippen molar-refractivity contribution in [2.45, 2.75) is 11.3 Å². The zero-order chi connectivity index (χ0) is 22.0. The first-order valence-corrected chi connectivity index (χ1v) is 13.1. The summed E-state index contributed by atoms with van der Waals surface area (Å²) in [5.74, 6) is 0.850. The summed E-state index contributed by atoms with van der Waals surface area (Å²) in [7, 11) is -1.97. The molecule has 0 radical (unpaired) electrons. The van der Waals surface area contributed by atoms with E-state index in [9.17, 15) is 8.42 Å². The standard InChI is InChI=1S/C21H21BrClN3O3S2/c1-29-19-5-3-2-4-15(19)12-17-14-30-21(24-17)25-8-10-26(11-9-25)31(27,28)20-7-6-16(22)13-18(20)23/h2-7,13-14H,8-12H2,1H3. The molecule has 2 aromatic carbocycles. The second-order valence-corrected chi connectivity index (χ2v) is 11.1. The van der Waals surface area contributed by atoms with E-state index < -0.39 is 10.0 Å². The van der Waals surface area contributed by atoms with E-state index in [-0.39, 0.29) is 9.92 Å². The summed E-state index contributed by atoms with van der Waals surface area (Å²) in [6.07, 6.45) is 0.691. The molecule has 0 atom stereocenters. The van der Waals surface area contributed by atoms with Gasteiger partial charge in [-0.25, -0.2) is 13.4 Å². The average molecular weight is 543 g/mol. The number of rotatable bonds is 6. The van der Waals surface area contributed by atoms with Crippen LogP contribution in [0, 0.1) is 0 Å². The molecule has 0 aliphatic carbocycles. The van der Waals surface area contributed by atoms with Crippen LogP contribution >= 0.6 is 38.9 Å². The number of halogens is 2. The SMILES string of the molecule is COc1ccccc1Cc1csc(N2CCN(S(=O)(=O)c3ccc(Br)cc3Cl)CC2)n1. The number of para-hydroxylation sites is 1. The minimum atomic E-state index is -3.64. The third-order valence-electron chi connectivity index (χ3n) is 5.12. The number of benzene rings is 2. The molecular weight excluding hydrogens is 522 g/mol. The second kappa shape index (κ2) is 9.46. The van der Waals surface area contributed by atoms with Gasteiger partial charge in [-0.1, -0.05) is 45.7 Å². The quantitative estimate of drug-likeness (QED) is 0.453. The van der Waals surface area contributed by atoms with Crippen molar-refractivity contribution in [2.24, 2.45) is 0 Å². The predicted molar refractivity (Wildman–Crippen MR) is 128 cm³/mol. The van der Waals surface area contributed by atoms with E-state index in [1.54, 1.807) is 36.6 Å². The molecule has 164 valence electrons. The van der Waals surface area contributed by atoms with Crippen LogP contribution < -0.4 is 9.64 Å². The maximum Gasteiger partial charge on any atom is 0.244 e. The Balaban J connectivity index is 1.42. The Hall–Kier alpha value is -1.65. The number of aromatic nitrogens is 1. The van der Waals surface area contributed by atoms with Crippen molar-refractivity contribution in [1.29, 1.82) is 0 Å². The van der Waals surface area contributed by atoms with Crippen LogP contribution in [0.5, 0.6) is 5.75 Å². The largest absolute Gasteiger partial charge is 0.496 e. The van der Waals surface area contributed by atoms with Gasteiger partial charge < -0.3 is 9.64 Å². The molecule has 4 rings (SSSR count). The number of thiazole rings is 1. The fourth-order valence-electron chi connectivity index (χ4n) is 3.51. The minimum Gasteiger partial charge on any atom is -0.496 e. The van der Waals surface area contributed by atoms with E-state index in [2.05, 4.69) is 20.8 Å². The molecule has 0 saturated carbocycles. The number of hydrogen-bond acceptors (Lipinski definition) is 6. The van der Waals surface area contributed by atoms with Gasteiger partial charge in [0.1, 0.15) is 10.6 Å². The summed E-state index contributed by atoms with van der Waals surface area (Å²) in [4.78, 5) is 7.04. The van der Waals surface area contributed by atoms with Gasteiger partial charge in [0.25, 0.3) is 0 Å². The highest BCUT2D eigenvalue weighted by Gasteiger charge is 2.31. The summed E-state index contributed by atoms with van der Waals surface area (Å²) >= 11 is 11.1. The van der Waals surface area contributed by atoms with Crippen molar-refractivity contribution >= 4 is 54.0 Å². The summed E-state index contributed by atoms with van der Waals surface area (Å²) in [5, 5.41) is 3.17. The molecule has 1 aliphatic heterocycles. The number of sulfonamides is 1. The maximum absolute atomic E-state index is 13.0. The van der Waals surface area contributed by atoms with Crippen LogP contribution in [-0.2, 0) is 16.4 Å². The van der Waals surface area contributed by atoms with Crippen LogP contribution in [0.15, 0.2) is 57.2 Å². The second-order valence-electron chi connectivity index (χ2n) is 7.08. The molecule has 10 heteroatoms. The maximum atomic E-state index is 13.0. The van der Waals surface area contributed by atoms with Gasteiger partial charge in [-0.3, -0.25) is 0 Å². The first-order valence-electron chi connectivity index (χ1n) is 9.65. The first-order chi connectivity index (χ1) is 14.9. The summed E-state index contributed by atoms with van der Waals surface area (Å²) in [5.41, 5.74) is 2.06. The molecule has 0 amide bonds. The van der Waals surface area contributed by atoms with Gasteiger partial charge in [-0.2, -0.15) is 4.31 Å². The van der Waals surface area contributed by atoms with Gasteiger partial charge >= 0.3 is 0 Å². The molecule has 6 nitrogen and oxygen atoms in total. The summed E-state index contributed by atoms with van der Waals surface area (Å²) in [6, 6.07) is 12.7. The third-order valence-corrected chi connectivity index (χ3v) is 8.95. The molecule has 0 N–H and O–H groups in total. The predicted octanol–water partition coefficient (Wildman–Crippen LogP) is 4.67. The van der Waals surface area contributed by atoms with E-state index >= 15 is 0 Å². The molecule has 1 aliphatic rings. The Morgan fingerprint density at radius 3 is 2.61 bits per heavy atom. The van der Waals surface area contributed by atoms with E-state index in [1.807, 2.05) is 29.6 Å². The Labute approximate surface area is 199 Å². The van der Waals surface area contributed by atoms with Crippen molar-refractivity contribution < 1.29 is 13.2 Å². The summed E-state index contributed by atoms with van der Waals surface area (Å²) in [6.45, 7) is 1.93. The van der Waals surface area contributed by atoms with E-state index in [0.29, 0.717) is 32.6 Å². The molecular formula is C21H21BrClN3O3S2. The van der Waals surface area contributed by atoms with Crippen LogP contribution in [0.3, 0.4) is 0 Å². The molecule has 1 fully saturated rings. The van der Waals surface area contributed by atoms with Crippen molar-refractivity contribution in [2.75, 3.05) is 38.2 Å². The molecule has 3 aromatic rings. The molecule has 0 spiro atoms. The third kappa shape index (κ3) is 4.90. The van der Waals surface area contributed by atoms with Gasteiger partial charge in [0.15, 0.2) is 5.13 Å². The summed E-state index contributed by atoms with van der Waals surface area (Å²) < 4.78 is 33.7. The smallest absolute Gasteiger partial charge is 0.244 e. The lowest BCUT2D eigenvalue weighted by atomic mass is 10.1. The molecule has 2 heterocycles. The topological polar surface area (TPSA) is 62.7 Å². The molecule has 0 bridgehead atoms. The fraction of sp³-hybridized carbons (Fsp3) is 0.286. The minimum absolute atomic E-state index is 0.138. The highest BCUT2D eigenvalue weighted by molar-refractivity contribution is 9.10. The van der Waals surface area contributed by atoms with Crippen molar-refractivity contribution in [3.05, 3.63) is 68.6 Å². The van der Waals surface area contributed by atoms with Crippen molar-refractivity contribution in [3.63, 3.8) is 0 Å². The lowest BCUT2D eigenvalue weighted by Gasteiger charge is -2.34. The highest BCUT2D eigenvalue weighted by Crippen LogP contribution is 2.30. The lowest BCUT2D eigenvalue weighted by Crippen LogP contribution is -2.48. The van der Waals surface area contributed by atoms with Crippen LogP contribution in [0.25, 0.3) is 0 Å². The molecule has 31 heavy (non-hydrogen) atoms. The van der Waals surface area contributed by atoms with E-state index in [1.165, 1.54) is 4.31 Å². The van der Waals surface area contributed by atoms with E-state index in [4.69, 9.17) is 21.3 Å². The van der Waals surface area contributed by atoms with E-state index in [0.717, 1.165) is 26.6 Å². The van der Waals surface area contributed by atoms with Crippen LogP contribution in [-0.4, -0.2) is 51.0 Å². The van der Waals surface area contributed by atoms with Crippen LogP contribution in [0.4, 0.5) is 5.13 Å². The molecule has 1 aromatic heterocycles. The van der Waals surface area contributed by atoms with Crippen LogP contribution in [0.1, 0.15) is 11.3 Å². The number of anilines is 1. The molecule has 1 saturated heterocycles. The normalized spacial score (nSPS) is 15.3. The zero-order valence-corrected chi connectivity index (χ0v) is 20.8. The van der Waals surface area contributed by atoms with Gasteiger partial charge in [0.05, 0.1) is 17.8 Å². The van der Waals surface area contributed by atoms with Gasteiger partial charge in [0.2, 0.25) is 10.0 Å². The first kappa shape index (κ1) is 22.5. The number of nitrogens with zero attached hydrogens (tertiary/aromatic N) is 3. The molecule has 0 unspecified atom stereocenters. The zero-order valence-electron chi connectivity index (χ0n) is 16.8. The van der Waals surface area contributed by atoms with Crippen molar-refractivity contribution in [3.8, 4) is 5.75 Å². The lowest BCUT2D eigenvalue weighted by molar-refractivity contribution is 0.384. The Morgan fingerprint density at radius 2 is 1.90 bits per heavy atom. The Morgan fingerprint density at radius 1 is 1.16 bits per heavy atom. The Kier molecular flexibility index (Phi) is 6.88. The Bertz CT molecular complexity index is 1180. The van der Waals surface area contributed by atoms with Crippen molar-refractivity contribution in [1.82, 2.24) is 9.29 Å². The van der Waals surface area contributed by atoms with Crippen LogP contribution in [0.2, 0.25) is 5.02 Å². The highest BCUT2D eigenvalue weighted by atomic mass is 79.9. The monoisotopic (exact) mass is 541 g/mol. The van der Waals surface area contributed by atoms with Gasteiger partial charge in [-0.05, 0) is 24.3 Å². The average Bonchev–Trinajstić information content (AvgIpc) is 3.22. The number of hydrogen-bond donors (Lipinski definition) is 0. The van der Waals surface area contributed by atoms with Gasteiger partial charge in [0, 0.05) is 48.0 Å².